The van der Waals surface area contributed by atoms with Crippen LogP contribution in [0.3, 0.4) is 0 Å². The van der Waals surface area contributed by atoms with Crippen molar-refractivity contribution < 1.29 is 23.8 Å². The molecular formula is C12H22O5. The van der Waals surface area contributed by atoms with Crippen LogP contribution in [0.15, 0.2) is 0 Å². The number of ketones is 1. The first-order chi connectivity index (χ1) is 7.84. The van der Waals surface area contributed by atoms with Crippen LogP contribution in [-0.4, -0.2) is 44.8 Å². The molecule has 0 heterocycles. The smallest absolute Gasteiger partial charge is 0.302 e. The maximum atomic E-state index is 11.5. The van der Waals surface area contributed by atoms with E-state index in [0.29, 0.717) is 19.8 Å². The van der Waals surface area contributed by atoms with Crippen LogP contribution < -0.4 is 0 Å². The van der Waals surface area contributed by atoms with Gasteiger partial charge in [-0.1, -0.05) is 20.8 Å². The highest BCUT2D eigenvalue weighted by atomic mass is 16.6. The van der Waals surface area contributed by atoms with Gasteiger partial charge in [-0.2, -0.15) is 0 Å². The molecule has 5 nitrogen and oxygen atoms in total. The first-order valence-corrected chi connectivity index (χ1v) is 5.66. The van der Waals surface area contributed by atoms with Crippen LogP contribution in [-0.2, 0) is 23.8 Å². The Morgan fingerprint density at radius 2 is 1.47 bits per heavy atom. The zero-order valence-electron chi connectivity index (χ0n) is 11.1. The normalized spacial score (nSPS) is 11.3. The Morgan fingerprint density at radius 1 is 0.941 bits per heavy atom. The van der Waals surface area contributed by atoms with E-state index in [9.17, 15) is 9.59 Å². The van der Waals surface area contributed by atoms with Gasteiger partial charge in [-0.15, -0.1) is 0 Å². The van der Waals surface area contributed by atoms with Gasteiger partial charge in [-0.3, -0.25) is 9.59 Å². The first kappa shape index (κ1) is 16.1. The minimum atomic E-state index is -0.365. The molecule has 0 saturated carbocycles. The topological polar surface area (TPSA) is 61.8 Å². The Balaban J connectivity index is 3.30. The second-order valence-corrected chi connectivity index (χ2v) is 4.68. The molecule has 0 spiro atoms. The molecule has 0 saturated heterocycles. The molecule has 0 unspecified atom stereocenters. The summed E-state index contributed by atoms with van der Waals surface area (Å²) in [6, 6.07) is 0. The maximum absolute atomic E-state index is 11.5. The number of carbonyl (C=O) groups excluding carboxylic acids is 2. The van der Waals surface area contributed by atoms with E-state index in [2.05, 4.69) is 4.74 Å². The van der Waals surface area contributed by atoms with E-state index < -0.39 is 0 Å². The van der Waals surface area contributed by atoms with Crippen molar-refractivity contribution in [1.82, 2.24) is 0 Å². The fourth-order valence-electron chi connectivity index (χ4n) is 0.846. The molecule has 0 bridgehead atoms. The van der Waals surface area contributed by atoms with Gasteiger partial charge < -0.3 is 14.2 Å². The molecule has 0 aromatic heterocycles. The summed E-state index contributed by atoms with van der Waals surface area (Å²) in [5.41, 5.74) is -0.365. The predicted octanol–water partition coefficient (Wildman–Crippen LogP) is 1.20. The molecule has 0 amide bonds. The fraction of sp³-hybridized carbons (Fsp3) is 0.833. The van der Waals surface area contributed by atoms with E-state index in [1.807, 2.05) is 20.8 Å². The quantitative estimate of drug-likeness (QED) is 0.475. The minimum absolute atomic E-state index is 0.0670. The van der Waals surface area contributed by atoms with Crippen LogP contribution in [0.25, 0.3) is 0 Å². The molecule has 0 radical (unpaired) electrons. The molecule has 0 aliphatic rings. The van der Waals surface area contributed by atoms with Crippen molar-refractivity contribution in [2.45, 2.75) is 27.7 Å². The maximum Gasteiger partial charge on any atom is 0.302 e. The standard InChI is InChI=1S/C12H22O5/c1-10(13)17-8-7-15-5-6-16-9-11(14)12(2,3)4/h5-9H2,1-4H3. The van der Waals surface area contributed by atoms with Crippen LogP contribution in [0.1, 0.15) is 27.7 Å². The lowest BCUT2D eigenvalue weighted by Crippen LogP contribution is -2.25. The number of hydrogen-bond acceptors (Lipinski definition) is 5. The number of Topliss-reactive ketones (excluding diaryl/α,β-unsaturated/α-hetero) is 1. The summed E-state index contributed by atoms with van der Waals surface area (Å²) in [5.74, 6) is -0.252. The largest absolute Gasteiger partial charge is 0.463 e. The van der Waals surface area contributed by atoms with E-state index in [-0.39, 0.29) is 30.4 Å². The van der Waals surface area contributed by atoms with Crippen LogP contribution in [0.2, 0.25) is 0 Å². The van der Waals surface area contributed by atoms with E-state index in [0.717, 1.165) is 0 Å². The number of ether oxygens (including phenoxy) is 3. The molecule has 17 heavy (non-hydrogen) atoms. The van der Waals surface area contributed by atoms with E-state index in [1.54, 1.807) is 0 Å². The summed E-state index contributed by atoms with van der Waals surface area (Å²) in [7, 11) is 0. The van der Waals surface area contributed by atoms with Crippen LogP contribution >= 0.6 is 0 Å². The summed E-state index contributed by atoms with van der Waals surface area (Å²) in [4.78, 5) is 21.9. The second-order valence-electron chi connectivity index (χ2n) is 4.68. The number of rotatable bonds is 8. The molecule has 0 aliphatic heterocycles. The molecule has 0 aromatic carbocycles. The highest BCUT2D eigenvalue weighted by Gasteiger charge is 2.20. The average Bonchev–Trinajstić information content (AvgIpc) is 2.19. The van der Waals surface area contributed by atoms with Crippen molar-refractivity contribution in [1.29, 1.82) is 0 Å². The molecule has 0 aliphatic carbocycles. The molecule has 5 heteroatoms. The third-order valence-electron chi connectivity index (χ3n) is 1.97. The lowest BCUT2D eigenvalue weighted by Gasteiger charge is -2.16. The minimum Gasteiger partial charge on any atom is -0.463 e. The summed E-state index contributed by atoms with van der Waals surface area (Å²) in [6.07, 6.45) is 0. The highest BCUT2D eigenvalue weighted by Crippen LogP contribution is 2.14. The third-order valence-corrected chi connectivity index (χ3v) is 1.97. The van der Waals surface area contributed by atoms with Gasteiger partial charge >= 0.3 is 5.97 Å². The lowest BCUT2D eigenvalue weighted by molar-refractivity contribution is -0.143. The van der Waals surface area contributed by atoms with Gasteiger partial charge in [0.15, 0.2) is 5.78 Å². The molecule has 0 N–H and O–H groups in total. The molecule has 0 atom stereocenters. The zero-order valence-corrected chi connectivity index (χ0v) is 11.1. The number of hydrogen-bond donors (Lipinski definition) is 0. The number of esters is 1. The van der Waals surface area contributed by atoms with Crippen molar-refractivity contribution in [3.63, 3.8) is 0 Å². The van der Waals surface area contributed by atoms with Crippen molar-refractivity contribution in [3.05, 3.63) is 0 Å². The Bertz CT molecular complexity index is 242. The predicted molar refractivity (Wildman–Crippen MR) is 62.7 cm³/mol. The van der Waals surface area contributed by atoms with Gasteiger partial charge in [0.05, 0.1) is 19.8 Å². The van der Waals surface area contributed by atoms with Crippen molar-refractivity contribution in [2.75, 3.05) is 33.0 Å². The van der Waals surface area contributed by atoms with Gasteiger partial charge in [0, 0.05) is 12.3 Å². The second kappa shape index (κ2) is 8.20. The first-order valence-electron chi connectivity index (χ1n) is 5.66. The Hall–Kier alpha value is -0.940. The van der Waals surface area contributed by atoms with Crippen LogP contribution in [0.4, 0.5) is 0 Å². The Kier molecular flexibility index (Phi) is 7.74. The lowest BCUT2D eigenvalue weighted by atomic mass is 9.91. The van der Waals surface area contributed by atoms with Crippen LogP contribution in [0.5, 0.6) is 0 Å². The fourth-order valence-corrected chi connectivity index (χ4v) is 0.846. The van der Waals surface area contributed by atoms with Gasteiger partial charge in [0.1, 0.15) is 13.2 Å². The zero-order chi connectivity index (χ0) is 13.3. The summed E-state index contributed by atoms with van der Waals surface area (Å²) in [6.45, 7) is 8.36. The van der Waals surface area contributed by atoms with Crippen molar-refractivity contribution in [2.24, 2.45) is 5.41 Å². The van der Waals surface area contributed by atoms with Crippen LogP contribution in [0, 0.1) is 5.41 Å². The molecule has 100 valence electrons. The molecule has 0 rings (SSSR count). The third kappa shape index (κ3) is 9.96. The van der Waals surface area contributed by atoms with Gasteiger partial charge in [-0.25, -0.2) is 0 Å². The summed E-state index contributed by atoms with van der Waals surface area (Å²) < 4.78 is 15.0. The molecule has 0 fully saturated rings. The summed E-state index contributed by atoms with van der Waals surface area (Å²) in [5, 5.41) is 0. The van der Waals surface area contributed by atoms with E-state index in [1.165, 1.54) is 6.92 Å². The SMILES string of the molecule is CC(=O)OCCOCCOCC(=O)C(C)(C)C. The van der Waals surface area contributed by atoms with Gasteiger partial charge in [-0.05, 0) is 0 Å². The molecular weight excluding hydrogens is 224 g/mol. The average molecular weight is 246 g/mol. The Morgan fingerprint density at radius 3 is 2.00 bits per heavy atom. The van der Waals surface area contributed by atoms with Gasteiger partial charge in [0.25, 0.3) is 0 Å². The van der Waals surface area contributed by atoms with E-state index in [4.69, 9.17) is 9.47 Å². The monoisotopic (exact) mass is 246 g/mol. The molecule has 0 aromatic rings. The van der Waals surface area contributed by atoms with Crippen molar-refractivity contribution in [3.8, 4) is 0 Å². The van der Waals surface area contributed by atoms with Gasteiger partial charge in [0.2, 0.25) is 0 Å². The van der Waals surface area contributed by atoms with E-state index >= 15 is 0 Å². The van der Waals surface area contributed by atoms with Crippen molar-refractivity contribution >= 4 is 11.8 Å². The number of carbonyl (C=O) groups is 2. The highest BCUT2D eigenvalue weighted by molar-refractivity contribution is 5.84. The summed E-state index contributed by atoms with van der Waals surface area (Å²) >= 11 is 0. The Labute approximate surface area is 102 Å².